The number of thioether (sulfide) groups is 1. The molecule has 0 fully saturated rings. The van der Waals surface area contributed by atoms with Gasteiger partial charge in [0.15, 0.2) is 16.8 Å². The van der Waals surface area contributed by atoms with Crippen LogP contribution in [0.25, 0.3) is 28.2 Å². The molecule has 1 aromatic heterocycles. The summed E-state index contributed by atoms with van der Waals surface area (Å²) in [6.07, 6.45) is 0. The summed E-state index contributed by atoms with van der Waals surface area (Å²) in [5.41, 5.74) is 4.58. The molecule has 0 aliphatic carbocycles. The number of carbonyl (C=O) groups is 1. The van der Waals surface area contributed by atoms with Crippen LogP contribution in [0.1, 0.15) is 10.4 Å². The van der Waals surface area contributed by atoms with Crippen LogP contribution in [-0.4, -0.2) is 40.5 Å². The molecule has 4 aromatic carbocycles. The first kappa shape index (κ1) is 24.3. The van der Waals surface area contributed by atoms with Gasteiger partial charge in [-0.1, -0.05) is 78.5 Å². The predicted molar refractivity (Wildman–Crippen MR) is 147 cm³/mol. The first-order chi connectivity index (χ1) is 18.2. The zero-order valence-corrected chi connectivity index (χ0v) is 21.3. The van der Waals surface area contributed by atoms with Crippen LogP contribution in [0.15, 0.2) is 108 Å². The van der Waals surface area contributed by atoms with Crippen molar-refractivity contribution in [2.24, 2.45) is 0 Å². The minimum Gasteiger partial charge on any atom is -0.497 e. The Balaban J connectivity index is 1.41. The van der Waals surface area contributed by atoms with E-state index in [0.717, 1.165) is 33.9 Å². The topological polar surface area (TPSA) is 66.2 Å². The number of hydrogen-bond acceptors (Lipinski definition) is 6. The van der Waals surface area contributed by atoms with Crippen LogP contribution in [0.5, 0.6) is 11.5 Å². The highest BCUT2D eigenvalue weighted by molar-refractivity contribution is 7.99. The SMILES string of the molecule is COc1ccc(-n2c(SCC(=O)c3ccc(-c4ccccc4)cc3)nnc2-c2cccc(OC)c2)cc1. The van der Waals surface area contributed by atoms with Gasteiger partial charge in [0.05, 0.1) is 20.0 Å². The number of ether oxygens (including phenoxy) is 2. The molecule has 0 amide bonds. The highest BCUT2D eigenvalue weighted by Gasteiger charge is 2.18. The summed E-state index contributed by atoms with van der Waals surface area (Å²) in [5, 5.41) is 9.53. The van der Waals surface area contributed by atoms with Crippen molar-refractivity contribution >= 4 is 17.5 Å². The van der Waals surface area contributed by atoms with Crippen LogP contribution in [0, 0.1) is 0 Å². The van der Waals surface area contributed by atoms with Gasteiger partial charge < -0.3 is 9.47 Å². The number of nitrogens with zero attached hydrogens (tertiary/aromatic N) is 3. The van der Waals surface area contributed by atoms with E-state index in [4.69, 9.17) is 9.47 Å². The lowest BCUT2D eigenvalue weighted by atomic mass is 10.0. The summed E-state index contributed by atoms with van der Waals surface area (Å²) in [6, 6.07) is 33.2. The van der Waals surface area contributed by atoms with E-state index in [9.17, 15) is 4.79 Å². The largest absolute Gasteiger partial charge is 0.497 e. The number of carbonyl (C=O) groups excluding carboxylic acids is 1. The molecule has 0 bridgehead atoms. The quantitative estimate of drug-likeness (QED) is 0.166. The maximum atomic E-state index is 13.0. The van der Waals surface area contributed by atoms with E-state index >= 15 is 0 Å². The van der Waals surface area contributed by atoms with E-state index in [1.54, 1.807) is 14.2 Å². The number of hydrogen-bond donors (Lipinski definition) is 0. The molecule has 0 radical (unpaired) electrons. The first-order valence-corrected chi connectivity index (χ1v) is 12.7. The summed E-state index contributed by atoms with van der Waals surface area (Å²) in [7, 11) is 3.27. The van der Waals surface area contributed by atoms with Crippen LogP contribution in [0.2, 0.25) is 0 Å². The van der Waals surface area contributed by atoms with Gasteiger partial charge in [-0.2, -0.15) is 0 Å². The number of rotatable bonds is 9. The second-order valence-electron chi connectivity index (χ2n) is 8.23. The van der Waals surface area contributed by atoms with Crippen molar-refractivity contribution in [2.45, 2.75) is 5.16 Å². The monoisotopic (exact) mass is 507 g/mol. The summed E-state index contributed by atoms with van der Waals surface area (Å²) in [6.45, 7) is 0. The molecule has 0 aliphatic rings. The molecule has 0 unspecified atom stereocenters. The number of Topliss-reactive ketones (excluding diaryl/α,β-unsaturated/α-hetero) is 1. The average molecular weight is 508 g/mol. The van der Waals surface area contributed by atoms with Gasteiger partial charge in [0.2, 0.25) is 0 Å². The maximum absolute atomic E-state index is 13.0. The highest BCUT2D eigenvalue weighted by atomic mass is 32.2. The Labute approximate surface area is 219 Å². The minimum atomic E-state index is 0.0248. The molecule has 0 N–H and O–H groups in total. The third-order valence-electron chi connectivity index (χ3n) is 5.94. The molecule has 0 spiro atoms. The summed E-state index contributed by atoms with van der Waals surface area (Å²) in [4.78, 5) is 13.0. The van der Waals surface area contributed by atoms with Gasteiger partial charge in [0.25, 0.3) is 0 Å². The molecule has 6 nitrogen and oxygen atoms in total. The molecule has 0 atom stereocenters. The van der Waals surface area contributed by atoms with Crippen LogP contribution < -0.4 is 9.47 Å². The first-order valence-electron chi connectivity index (χ1n) is 11.7. The van der Waals surface area contributed by atoms with Gasteiger partial charge in [-0.15, -0.1) is 10.2 Å². The van der Waals surface area contributed by atoms with Gasteiger partial charge in [-0.25, -0.2) is 0 Å². The molecule has 0 saturated carbocycles. The van der Waals surface area contributed by atoms with Gasteiger partial charge in [0, 0.05) is 16.8 Å². The standard InChI is InChI=1S/C30H25N3O3S/c1-35-26-17-15-25(16-18-26)33-29(24-9-6-10-27(19-24)36-2)31-32-30(33)37-20-28(34)23-13-11-22(12-14-23)21-7-4-3-5-8-21/h3-19H,20H2,1-2H3. The van der Waals surface area contributed by atoms with E-state index in [-0.39, 0.29) is 11.5 Å². The third-order valence-corrected chi connectivity index (χ3v) is 6.87. The molecule has 0 saturated heterocycles. The van der Waals surface area contributed by atoms with Crippen molar-refractivity contribution in [3.05, 3.63) is 109 Å². The van der Waals surface area contributed by atoms with Crippen molar-refractivity contribution in [3.8, 4) is 39.7 Å². The average Bonchev–Trinajstić information content (AvgIpc) is 3.40. The third kappa shape index (κ3) is 5.42. The molecule has 5 aromatic rings. The van der Waals surface area contributed by atoms with Crippen molar-refractivity contribution in [1.29, 1.82) is 0 Å². The number of ketones is 1. The Bertz CT molecular complexity index is 1500. The summed E-state index contributed by atoms with van der Waals surface area (Å²) in [5.74, 6) is 2.40. The molecule has 184 valence electrons. The normalized spacial score (nSPS) is 10.8. The van der Waals surface area contributed by atoms with Crippen molar-refractivity contribution in [2.75, 3.05) is 20.0 Å². The Kier molecular flexibility index (Phi) is 7.33. The van der Waals surface area contributed by atoms with Crippen LogP contribution >= 0.6 is 11.8 Å². The van der Waals surface area contributed by atoms with Crippen molar-refractivity contribution < 1.29 is 14.3 Å². The fourth-order valence-corrected chi connectivity index (χ4v) is 4.82. The van der Waals surface area contributed by atoms with Gasteiger partial charge in [0.1, 0.15) is 11.5 Å². The van der Waals surface area contributed by atoms with Crippen molar-refractivity contribution in [3.63, 3.8) is 0 Å². The van der Waals surface area contributed by atoms with Crippen LogP contribution in [0.3, 0.4) is 0 Å². The smallest absolute Gasteiger partial charge is 0.196 e. The number of methoxy groups -OCH3 is 2. The van der Waals surface area contributed by atoms with E-state index in [1.165, 1.54) is 11.8 Å². The fraction of sp³-hybridized carbons (Fsp3) is 0.100. The molecule has 37 heavy (non-hydrogen) atoms. The fourth-order valence-electron chi connectivity index (χ4n) is 3.97. The second kappa shape index (κ2) is 11.1. The molecular weight excluding hydrogens is 482 g/mol. The van der Waals surface area contributed by atoms with E-state index < -0.39 is 0 Å². The van der Waals surface area contributed by atoms with E-state index in [1.807, 2.05) is 95.6 Å². The molecular formula is C30H25N3O3S. The van der Waals surface area contributed by atoms with Gasteiger partial charge in [-0.05, 0) is 47.5 Å². The Morgan fingerprint density at radius 3 is 2.11 bits per heavy atom. The Morgan fingerprint density at radius 2 is 1.41 bits per heavy atom. The highest BCUT2D eigenvalue weighted by Crippen LogP contribution is 2.31. The van der Waals surface area contributed by atoms with Gasteiger partial charge in [-0.3, -0.25) is 9.36 Å². The lowest BCUT2D eigenvalue weighted by molar-refractivity contribution is 0.102. The number of benzene rings is 4. The zero-order valence-electron chi connectivity index (χ0n) is 20.5. The van der Waals surface area contributed by atoms with Crippen LogP contribution in [-0.2, 0) is 0 Å². The zero-order chi connectivity index (χ0) is 25.6. The van der Waals surface area contributed by atoms with E-state index in [2.05, 4.69) is 22.3 Å². The van der Waals surface area contributed by atoms with Gasteiger partial charge >= 0.3 is 0 Å². The lowest BCUT2D eigenvalue weighted by Crippen LogP contribution is -2.05. The maximum Gasteiger partial charge on any atom is 0.196 e. The molecule has 0 aliphatic heterocycles. The van der Waals surface area contributed by atoms with E-state index in [0.29, 0.717) is 16.5 Å². The predicted octanol–water partition coefficient (Wildman–Crippen LogP) is 6.59. The van der Waals surface area contributed by atoms with Crippen molar-refractivity contribution in [1.82, 2.24) is 14.8 Å². The minimum absolute atomic E-state index is 0.0248. The molecule has 7 heteroatoms. The molecule has 1 heterocycles. The number of aromatic nitrogens is 3. The Morgan fingerprint density at radius 1 is 0.730 bits per heavy atom. The second-order valence-corrected chi connectivity index (χ2v) is 9.17. The summed E-state index contributed by atoms with van der Waals surface area (Å²) < 4.78 is 12.7. The van der Waals surface area contributed by atoms with Crippen LogP contribution in [0.4, 0.5) is 0 Å². The molecule has 5 rings (SSSR count). The lowest BCUT2D eigenvalue weighted by Gasteiger charge is -2.12. The summed E-state index contributed by atoms with van der Waals surface area (Å²) >= 11 is 1.36. The Hall–Kier alpha value is -4.36.